The number of hydrogen-bond acceptors (Lipinski definition) is 5. The Morgan fingerprint density at radius 2 is 2.05 bits per heavy atom. The van der Waals surface area contributed by atoms with Crippen LogP contribution < -0.4 is 10.6 Å². The summed E-state index contributed by atoms with van der Waals surface area (Å²) in [4.78, 5) is 16.1. The van der Waals surface area contributed by atoms with E-state index in [9.17, 15) is 4.79 Å². The predicted octanol–water partition coefficient (Wildman–Crippen LogP) is 2.16. The van der Waals surface area contributed by atoms with Gasteiger partial charge < -0.3 is 10.6 Å². The zero-order chi connectivity index (χ0) is 15.2. The molecule has 22 heavy (non-hydrogen) atoms. The van der Waals surface area contributed by atoms with Gasteiger partial charge in [0, 0.05) is 25.0 Å². The minimum Gasteiger partial charge on any atom is -0.364 e. The van der Waals surface area contributed by atoms with Gasteiger partial charge in [0.1, 0.15) is 5.82 Å². The molecule has 1 saturated carbocycles. The van der Waals surface area contributed by atoms with Crippen molar-refractivity contribution in [1.29, 1.82) is 0 Å². The first-order valence-corrected chi connectivity index (χ1v) is 7.58. The highest BCUT2D eigenvalue weighted by molar-refractivity contribution is 5.92. The Balaban J connectivity index is 1.54. The average molecular weight is 297 g/mol. The Hall–Kier alpha value is -2.50. The van der Waals surface area contributed by atoms with Crippen molar-refractivity contribution in [3.8, 4) is 0 Å². The summed E-state index contributed by atoms with van der Waals surface area (Å²) in [5, 5.41) is 14.2. The molecule has 0 saturated heterocycles. The third-order valence-electron chi connectivity index (χ3n) is 3.78. The molecule has 2 heterocycles. The zero-order valence-electron chi connectivity index (χ0n) is 12.3. The molecule has 2 aromatic heterocycles. The van der Waals surface area contributed by atoms with Gasteiger partial charge in [-0.3, -0.25) is 9.78 Å². The van der Waals surface area contributed by atoms with Gasteiger partial charge >= 0.3 is 0 Å². The van der Waals surface area contributed by atoms with Gasteiger partial charge in [0.05, 0.1) is 0 Å². The predicted molar refractivity (Wildman–Crippen MR) is 83.3 cm³/mol. The van der Waals surface area contributed by atoms with Crippen molar-refractivity contribution in [3.05, 3.63) is 47.9 Å². The van der Waals surface area contributed by atoms with Gasteiger partial charge in [-0.25, -0.2) is 0 Å². The van der Waals surface area contributed by atoms with Gasteiger partial charge in [0.25, 0.3) is 5.91 Å². The minimum absolute atomic E-state index is 0.141. The van der Waals surface area contributed by atoms with Crippen LogP contribution in [0, 0.1) is 0 Å². The van der Waals surface area contributed by atoms with E-state index in [-0.39, 0.29) is 11.9 Å². The summed E-state index contributed by atoms with van der Waals surface area (Å²) in [6.45, 7) is 0.621. The van der Waals surface area contributed by atoms with Crippen molar-refractivity contribution < 1.29 is 4.79 Å². The number of carbonyl (C=O) groups excluding carboxylic acids is 1. The average Bonchev–Trinajstić information content (AvgIpc) is 3.07. The van der Waals surface area contributed by atoms with Crippen LogP contribution in [0.4, 0.5) is 5.82 Å². The van der Waals surface area contributed by atoms with Crippen molar-refractivity contribution in [2.75, 3.05) is 5.32 Å². The molecule has 1 aliphatic rings. The first-order chi connectivity index (χ1) is 10.8. The SMILES string of the molecule is O=C(NC1CCCC1)c1ccc(NCc2cccnc2)nn1. The molecule has 6 heteroatoms. The van der Waals surface area contributed by atoms with Crippen LogP contribution >= 0.6 is 0 Å². The topological polar surface area (TPSA) is 79.8 Å². The van der Waals surface area contributed by atoms with E-state index in [2.05, 4.69) is 25.8 Å². The van der Waals surface area contributed by atoms with Crippen molar-refractivity contribution >= 4 is 11.7 Å². The molecule has 1 amide bonds. The number of pyridine rings is 1. The molecule has 0 spiro atoms. The van der Waals surface area contributed by atoms with E-state index < -0.39 is 0 Å². The lowest BCUT2D eigenvalue weighted by atomic mass is 10.2. The van der Waals surface area contributed by atoms with E-state index in [1.165, 1.54) is 12.8 Å². The maximum atomic E-state index is 12.0. The van der Waals surface area contributed by atoms with Gasteiger partial charge in [-0.15, -0.1) is 10.2 Å². The summed E-state index contributed by atoms with van der Waals surface area (Å²) in [7, 11) is 0. The maximum absolute atomic E-state index is 12.0. The normalized spacial score (nSPS) is 14.7. The Morgan fingerprint density at radius 3 is 2.73 bits per heavy atom. The Morgan fingerprint density at radius 1 is 1.18 bits per heavy atom. The van der Waals surface area contributed by atoms with Crippen molar-refractivity contribution in [1.82, 2.24) is 20.5 Å². The first-order valence-electron chi connectivity index (χ1n) is 7.58. The van der Waals surface area contributed by atoms with Crippen LogP contribution in [0.2, 0.25) is 0 Å². The molecule has 1 aliphatic carbocycles. The summed E-state index contributed by atoms with van der Waals surface area (Å²) in [5.74, 6) is 0.500. The summed E-state index contributed by atoms with van der Waals surface area (Å²) in [6, 6.07) is 7.63. The van der Waals surface area contributed by atoms with Crippen LogP contribution in [0.15, 0.2) is 36.7 Å². The van der Waals surface area contributed by atoms with E-state index in [1.54, 1.807) is 24.5 Å². The van der Waals surface area contributed by atoms with Crippen LogP contribution in [-0.4, -0.2) is 27.1 Å². The lowest BCUT2D eigenvalue weighted by molar-refractivity contribution is 0.0932. The van der Waals surface area contributed by atoms with E-state index in [0.717, 1.165) is 18.4 Å². The maximum Gasteiger partial charge on any atom is 0.272 e. The molecule has 0 aromatic carbocycles. The Bertz CT molecular complexity index is 608. The quantitative estimate of drug-likeness (QED) is 0.884. The standard InChI is InChI=1S/C16H19N5O/c22-16(19-13-5-1-2-6-13)14-7-8-15(21-20-14)18-11-12-4-3-9-17-10-12/h3-4,7-10,13H,1-2,5-6,11H2,(H,18,21)(H,19,22). The number of nitrogens with one attached hydrogen (secondary N) is 2. The number of aromatic nitrogens is 3. The second-order valence-electron chi connectivity index (χ2n) is 5.47. The van der Waals surface area contributed by atoms with Gasteiger partial charge in [-0.1, -0.05) is 18.9 Å². The third-order valence-corrected chi connectivity index (χ3v) is 3.78. The second kappa shape index (κ2) is 6.98. The molecule has 0 atom stereocenters. The number of nitrogens with zero attached hydrogens (tertiary/aromatic N) is 3. The second-order valence-corrected chi connectivity index (χ2v) is 5.47. The van der Waals surface area contributed by atoms with Crippen LogP contribution in [-0.2, 0) is 6.54 Å². The first kappa shape index (κ1) is 14.4. The van der Waals surface area contributed by atoms with Gasteiger partial charge in [0.2, 0.25) is 0 Å². The number of rotatable bonds is 5. The molecule has 2 aromatic rings. The molecule has 0 bridgehead atoms. The molecule has 2 N–H and O–H groups in total. The number of anilines is 1. The molecule has 114 valence electrons. The van der Waals surface area contributed by atoms with Crippen LogP contribution in [0.3, 0.4) is 0 Å². The molecular weight excluding hydrogens is 278 g/mol. The molecule has 0 radical (unpaired) electrons. The number of hydrogen-bond donors (Lipinski definition) is 2. The zero-order valence-corrected chi connectivity index (χ0v) is 12.3. The van der Waals surface area contributed by atoms with E-state index in [4.69, 9.17) is 0 Å². The Labute approximate surface area is 129 Å². The van der Waals surface area contributed by atoms with Gasteiger partial charge in [-0.2, -0.15) is 0 Å². The largest absolute Gasteiger partial charge is 0.364 e. The molecule has 1 fully saturated rings. The minimum atomic E-state index is -0.141. The molecular formula is C16H19N5O. The fraction of sp³-hybridized carbons (Fsp3) is 0.375. The lowest BCUT2D eigenvalue weighted by Crippen LogP contribution is -2.33. The van der Waals surface area contributed by atoms with Crippen LogP contribution in [0.25, 0.3) is 0 Å². The van der Waals surface area contributed by atoms with Gasteiger partial charge in [-0.05, 0) is 36.6 Å². The smallest absolute Gasteiger partial charge is 0.272 e. The van der Waals surface area contributed by atoms with Gasteiger partial charge in [0.15, 0.2) is 5.69 Å². The van der Waals surface area contributed by atoms with Crippen LogP contribution in [0.1, 0.15) is 41.7 Å². The van der Waals surface area contributed by atoms with E-state index in [0.29, 0.717) is 18.1 Å². The van der Waals surface area contributed by atoms with Crippen molar-refractivity contribution in [3.63, 3.8) is 0 Å². The molecule has 0 unspecified atom stereocenters. The fourth-order valence-corrected chi connectivity index (χ4v) is 2.57. The van der Waals surface area contributed by atoms with Crippen molar-refractivity contribution in [2.45, 2.75) is 38.3 Å². The highest BCUT2D eigenvalue weighted by Crippen LogP contribution is 2.18. The molecule has 3 rings (SSSR count). The third kappa shape index (κ3) is 3.78. The number of amides is 1. The monoisotopic (exact) mass is 297 g/mol. The summed E-state index contributed by atoms with van der Waals surface area (Å²) < 4.78 is 0. The Kier molecular flexibility index (Phi) is 4.58. The lowest BCUT2D eigenvalue weighted by Gasteiger charge is -2.11. The summed E-state index contributed by atoms with van der Waals surface area (Å²) in [5.41, 5.74) is 1.42. The van der Waals surface area contributed by atoms with Crippen molar-refractivity contribution in [2.24, 2.45) is 0 Å². The molecule has 6 nitrogen and oxygen atoms in total. The fourth-order valence-electron chi connectivity index (χ4n) is 2.57. The van der Waals surface area contributed by atoms with E-state index in [1.807, 2.05) is 12.1 Å². The highest BCUT2D eigenvalue weighted by atomic mass is 16.2. The molecule has 0 aliphatic heterocycles. The summed E-state index contributed by atoms with van der Waals surface area (Å²) in [6.07, 6.45) is 8.03. The van der Waals surface area contributed by atoms with E-state index >= 15 is 0 Å². The van der Waals surface area contributed by atoms with Crippen LogP contribution in [0.5, 0.6) is 0 Å². The highest BCUT2D eigenvalue weighted by Gasteiger charge is 2.18. The summed E-state index contributed by atoms with van der Waals surface area (Å²) >= 11 is 0. The number of carbonyl (C=O) groups is 1.